The van der Waals surface area contributed by atoms with E-state index in [1.807, 2.05) is 13.8 Å². The van der Waals surface area contributed by atoms with Crippen LogP contribution >= 0.6 is 11.6 Å². The molecular formula is C14H16ClFN4. The highest BCUT2D eigenvalue weighted by Gasteiger charge is 2.07. The van der Waals surface area contributed by atoms with Gasteiger partial charge in [0, 0.05) is 24.1 Å². The lowest BCUT2D eigenvalue weighted by atomic mass is 10.3. The first-order chi connectivity index (χ1) is 9.62. The van der Waals surface area contributed by atoms with Crippen molar-refractivity contribution >= 4 is 28.9 Å². The van der Waals surface area contributed by atoms with Gasteiger partial charge in [0.2, 0.25) is 0 Å². The van der Waals surface area contributed by atoms with E-state index in [-0.39, 0.29) is 5.82 Å². The summed E-state index contributed by atoms with van der Waals surface area (Å²) in [6.45, 7) is 4.71. The zero-order valence-electron chi connectivity index (χ0n) is 11.4. The summed E-state index contributed by atoms with van der Waals surface area (Å²) in [6.07, 6.45) is 0.700. The van der Waals surface area contributed by atoms with Crippen LogP contribution in [-0.2, 0) is 6.42 Å². The second kappa shape index (κ2) is 6.52. The minimum atomic E-state index is -0.379. The van der Waals surface area contributed by atoms with Gasteiger partial charge in [0.05, 0.1) is 5.69 Å². The van der Waals surface area contributed by atoms with Gasteiger partial charge in [0.15, 0.2) is 0 Å². The van der Waals surface area contributed by atoms with Crippen molar-refractivity contribution in [2.45, 2.75) is 20.3 Å². The Morgan fingerprint density at radius 3 is 2.60 bits per heavy atom. The molecule has 0 radical (unpaired) electrons. The molecule has 0 bridgehead atoms. The van der Waals surface area contributed by atoms with E-state index in [0.29, 0.717) is 34.6 Å². The van der Waals surface area contributed by atoms with Gasteiger partial charge in [0.25, 0.3) is 0 Å². The third-order valence-corrected chi connectivity index (χ3v) is 2.87. The molecule has 0 atom stereocenters. The highest BCUT2D eigenvalue weighted by atomic mass is 35.5. The number of nitrogens with one attached hydrogen (secondary N) is 2. The van der Waals surface area contributed by atoms with Crippen molar-refractivity contribution in [3.8, 4) is 0 Å². The summed E-state index contributed by atoms with van der Waals surface area (Å²) in [5.41, 5.74) is 0.292. The highest BCUT2D eigenvalue weighted by Crippen LogP contribution is 2.23. The number of hydrogen-bond acceptors (Lipinski definition) is 4. The molecule has 6 heteroatoms. The van der Waals surface area contributed by atoms with Crippen LogP contribution < -0.4 is 10.6 Å². The number of anilines is 3. The van der Waals surface area contributed by atoms with Crippen molar-refractivity contribution in [2.24, 2.45) is 0 Å². The van der Waals surface area contributed by atoms with Crippen molar-refractivity contribution in [1.82, 2.24) is 9.97 Å². The summed E-state index contributed by atoms with van der Waals surface area (Å²) in [6, 6.07) is 6.09. The van der Waals surface area contributed by atoms with E-state index in [2.05, 4.69) is 20.6 Å². The van der Waals surface area contributed by atoms with Gasteiger partial charge in [-0.15, -0.1) is 0 Å². The van der Waals surface area contributed by atoms with E-state index >= 15 is 0 Å². The van der Waals surface area contributed by atoms with E-state index in [0.717, 1.165) is 6.54 Å². The predicted molar refractivity (Wildman–Crippen MR) is 80.3 cm³/mol. The number of benzene rings is 1. The van der Waals surface area contributed by atoms with Crippen molar-refractivity contribution in [3.63, 3.8) is 0 Å². The van der Waals surface area contributed by atoms with Gasteiger partial charge in [-0.25, -0.2) is 14.4 Å². The Morgan fingerprint density at radius 1 is 1.15 bits per heavy atom. The maximum Gasteiger partial charge on any atom is 0.146 e. The third kappa shape index (κ3) is 3.57. The lowest BCUT2D eigenvalue weighted by molar-refractivity contribution is 0.632. The normalized spacial score (nSPS) is 10.4. The van der Waals surface area contributed by atoms with Crippen molar-refractivity contribution in [1.29, 1.82) is 0 Å². The SMILES string of the molecule is CCNc1cc(Nc2cc(Cl)ccc2F)nc(CC)n1. The Morgan fingerprint density at radius 2 is 1.90 bits per heavy atom. The molecule has 2 rings (SSSR count). The molecule has 1 heterocycles. The molecule has 1 aromatic heterocycles. The van der Waals surface area contributed by atoms with Crippen LogP contribution in [0.1, 0.15) is 19.7 Å². The summed E-state index contributed by atoms with van der Waals surface area (Å²) >= 11 is 5.87. The molecular weight excluding hydrogens is 279 g/mol. The first kappa shape index (κ1) is 14.5. The van der Waals surface area contributed by atoms with Crippen LogP contribution in [0.4, 0.5) is 21.7 Å². The van der Waals surface area contributed by atoms with E-state index in [9.17, 15) is 4.39 Å². The minimum Gasteiger partial charge on any atom is -0.370 e. The molecule has 0 aliphatic heterocycles. The highest BCUT2D eigenvalue weighted by molar-refractivity contribution is 6.30. The lowest BCUT2D eigenvalue weighted by Crippen LogP contribution is -2.06. The Hall–Kier alpha value is -1.88. The lowest BCUT2D eigenvalue weighted by Gasteiger charge is -2.11. The monoisotopic (exact) mass is 294 g/mol. The topological polar surface area (TPSA) is 49.8 Å². The van der Waals surface area contributed by atoms with Crippen LogP contribution in [0.3, 0.4) is 0 Å². The number of nitrogens with zero attached hydrogens (tertiary/aromatic N) is 2. The van der Waals surface area contributed by atoms with Crippen molar-refractivity contribution in [2.75, 3.05) is 17.2 Å². The molecule has 0 aliphatic carbocycles. The van der Waals surface area contributed by atoms with Crippen LogP contribution in [0, 0.1) is 5.82 Å². The molecule has 106 valence electrons. The fourth-order valence-electron chi connectivity index (χ4n) is 1.72. The molecule has 1 aromatic carbocycles. The summed E-state index contributed by atoms with van der Waals surface area (Å²) in [7, 11) is 0. The molecule has 4 nitrogen and oxygen atoms in total. The molecule has 2 N–H and O–H groups in total. The average Bonchev–Trinajstić information content (AvgIpc) is 2.43. The number of rotatable bonds is 5. The van der Waals surface area contributed by atoms with Crippen LogP contribution in [0.25, 0.3) is 0 Å². The molecule has 0 saturated heterocycles. The van der Waals surface area contributed by atoms with Crippen LogP contribution in [0.5, 0.6) is 0 Å². The summed E-state index contributed by atoms with van der Waals surface area (Å²) < 4.78 is 13.7. The Bertz CT molecular complexity index is 604. The van der Waals surface area contributed by atoms with Gasteiger partial charge >= 0.3 is 0 Å². The Balaban J connectivity index is 2.32. The zero-order chi connectivity index (χ0) is 14.5. The van der Waals surface area contributed by atoms with Gasteiger partial charge < -0.3 is 10.6 Å². The Kier molecular flexibility index (Phi) is 4.74. The van der Waals surface area contributed by atoms with Crippen LogP contribution in [0.15, 0.2) is 24.3 Å². The number of aryl methyl sites for hydroxylation is 1. The van der Waals surface area contributed by atoms with Crippen LogP contribution in [-0.4, -0.2) is 16.5 Å². The number of hydrogen-bond donors (Lipinski definition) is 2. The van der Waals surface area contributed by atoms with Gasteiger partial charge in [-0.1, -0.05) is 18.5 Å². The Labute approximate surface area is 122 Å². The first-order valence-corrected chi connectivity index (χ1v) is 6.84. The molecule has 0 aliphatic rings. The van der Waals surface area contributed by atoms with Crippen LogP contribution in [0.2, 0.25) is 5.02 Å². The minimum absolute atomic E-state index is 0.292. The molecule has 0 unspecified atom stereocenters. The summed E-state index contributed by atoms with van der Waals surface area (Å²) in [5, 5.41) is 6.52. The van der Waals surface area contributed by atoms with E-state index in [1.54, 1.807) is 6.07 Å². The van der Waals surface area contributed by atoms with Gasteiger partial charge in [0.1, 0.15) is 23.3 Å². The van der Waals surface area contributed by atoms with Crippen molar-refractivity contribution in [3.05, 3.63) is 40.9 Å². The molecule has 0 spiro atoms. The molecule has 0 amide bonds. The second-order valence-corrected chi connectivity index (χ2v) is 4.62. The first-order valence-electron chi connectivity index (χ1n) is 6.46. The summed E-state index contributed by atoms with van der Waals surface area (Å²) in [5.74, 6) is 1.56. The quantitative estimate of drug-likeness (QED) is 0.875. The van der Waals surface area contributed by atoms with Gasteiger partial charge in [-0.05, 0) is 25.1 Å². The smallest absolute Gasteiger partial charge is 0.146 e. The zero-order valence-corrected chi connectivity index (χ0v) is 12.1. The van der Waals surface area contributed by atoms with E-state index in [1.165, 1.54) is 18.2 Å². The predicted octanol–water partition coefficient (Wildman–Crippen LogP) is 4.01. The van der Waals surface area contributed by atoms with Gasteiger partial charge in [-0.3, -0.25) is 0 Å². The molecule has 2 aromatic rings. The molecule has 20 heavy (non-hydrogen) atoms. The number of aromatic nitrogens is 2. The average molecular weight is 295 g/mol. The second-order valence-electron chi connectivity index (χ2n) is 4.19. The third-order valence-electron chi connectivity index (χ3n) is 2.64. The summed E-state index contributed by atoms with van der Waals surface area (Å²) in [4.78, 5) is 8.67. The number of halogens is 2. The molecule has 0 saturated carbocycles. The largest absolute Gasteiger partial charge is 0.370 e. The van der Waals surface area contributed by atoms with E-state index < -0.39 is 0 Å². The molecule has 0 fully saturated rings. The maximum atomic E-state index is 13.7. The maximum absolute atomic E-state index is 13.7. The standard InChI is InChI=1S/C14H16ClFN4/c1-3-12-19-13(17-4-2)8-14(20-12)18-11-7-9(15)5-6-10(11)16/h5-8H,3-4H2,1-2H3,(H2,17,18,19,20). The fourth-order valence-corrected chi connectivity index (χ4v) is 1.89. The van der Waals surface area contributed by atoms with E-state index in [4.69, 9.17) is 11.6 Å². The fraction of sp³-hybridized carbons (Fsp3) is 0.286. The van der Waals surface area contributed by atoms with Crippen molar-refractivity contribution < 1.29 is 4.39 Å². The van der Waals surface area contributed by atoms with Gasteiger partial charge in [-0.2, -0.15) is 0 Å².